The van der Waals surface area contributed by atoms with E-state index in [-0.39, 0.29) is 59.2 Å². The highest BCUT2D eigenvalue weighted by atomic mass is 35.5. The van der Waals surface area contributed by atoms with Gasteiger partial charge in [0.2, 0.25) is 6.29 Å². The molecule has 1 aliphatic rings. The first-order valence-corrected chi connectivity index (χ1v) is 20.9. The maximum Gasteiger partial charge on any atom is 0.511 e. The van der Waals surface area contributed by atoms with E-state index in [9.17, 15) is 37.2 Å². The van der Waals surface area contributed by atoms with Crippen molar-refractivity contribution in [1.82, 2.24) is 4.90 Å². The Kier molecular flexibility index (Phi) is 14.8. The minimum atomic E-state index is -3.63. The summed E-state index contributed by atoms with van der Waals surface area (Å²) in [5.74, 6) is -5.00. The molecule has 314 valence electrons. The number of Topliss-reactive ketones (excluding diaryl/α,β-unsaturated/α-hetero) is 1. The monoisotopic (exact) mass is 873 g/mol. The van der Waals surface area contributed by atoms with Gasteiger partial charge in [0.1, 0.15) is 25.4 Å². The number of carbonyl (C=O) groups is 6. The molecule has 0 spiro atoms. The lowest BCUT2D eigenvalue weighted by atomic mass is 9.89. The number of nitrogens with zero attached hydrogens (tertiary/aromatic N) is 1. The van der Waals surface area contributed by atoms with E-state index in [1.165, 1.54) is 39.0 Å². The molecule has 0 saturated carbocycles. The van der Waals surface area contributed by atoms with Crippen molar-refractivity contribution in [2.45, 2.75) is 57.8 Å². The number of amides is 1. The van der Waals surface area contributed by atoms with Gasteiger partial charge in [0, 0.05) is 57.5 Å². The third-order valence-electron chi connectivity index (χ3n) is 9.27. The lowest BCUT2D eigenvalue weighted by Gasteiger charge is -2.30. The molecule has 59 heavy (non-hydrogen) atoms. The molecule has 1 unspecified atom stereocenters. The third-order valence-corrected chi connectivity index (χ3v) is 11.1. The summed E-state index contributed by atoms with van der Waals surface area (Å²) < 4.78 is 55.5. The number of rotatable bonds is 16. The summed E-state index contributed by atoms with van der Waals surface area (Å²) in [6.07, 6.45) is -0.572. The van der Waals surface area contributed by atoms with Gasteiger partial charge in [-0.25, -0.2) is 13.2 Å². The van der Waals surface area contributed by atoms with Gasteiger partial charge in [-0.1, -0.05) is 41.4 Å². The molecule has 0 bridgehead atoms. The molecular formula is C41H41Cl2NO14S. The van der Waals surface area contributed by atoms with Crippen LogP contribution in [0.15, 0.2) is 70.2 Å². The molecule has 3 aromatic carbocycles. The van der Waals surface area contributed by atoms with Crippen molar-refractivity contribution in [3.05, 3.63) is 98.7 Å². The van der Waals surface area contributed by atoms with Gasteiger partial charge in [0.25, 0.3) is 5.91 Å². The number of sulfone groups is 1. The highest BCUT2D eigenvalue weighted by Gasteiger charge is 2.32. The predicted octanol–water partition coefficient (Wildman–Crippen LogP) is 6.56. The minimum absolute atomic E-state index is 0.00333. The van der Waals surface area contributed by atoms with Gasteiger partial charge in [-0.3, -0.25) is 24.0 Å². The largest absolute Gasteiger partial charge is 0.511 e. The van der Waals surface area contributed by atoms with Crippen molar-refractivity contribution in [3.63, 3.8) is 0 Å². The smallest absolute Gasteiger partial charge is 0.465 e. The lowest BCUT2D eigenvalue weighted by Crippen LogP contribution is -2.36. The quantitative estimate of drug-likeness (QED) is 0.0508. The van der Waals surface area contributed by atoms with Crippen LogP contribution in [-0.4, -0.2) is 88.0 Å². The Morgan fingerprint density at radius 2 is 1.58 bits per heavy atom. The molecular weight excluding hydrogens is 833 g/mol. The van der Waals surface area contributed by atoms with Crippen LogP contribution in [0.4, 0.5) is 4.79 Å². The van der Waals surface area contributed by atoms with Gasteiger partial charge in [0.15, 0.2) is 15.6 Å². The van der Waals surface area contributed by atoms with E-state index in [2.05, 4.69) is 0 Å². The zero-order chi connectivity index (χ0) is 43.0. The van der Waals surface area contributed by atoms with Crippen molar-refractivity contribution in [2.75, 3.05) is 32.6 Å². The Bertz CT molecular complexity index is 2360. The van der Waals surface area contributed by atoms with Crippen LogP contribution in [0.5, 0.6) is 0 Å². The van der Waals surface area contributed by atoms with Crippen LogP contribution in [0.25, 0.3) is 11.0 Å². The van der Waals surface area contributed by atoms with E-state index in [1.807, 2.05) is 0 Å². The van der Waals surface area contributed by atoms with E-state index in [4.69, 9.17) is 51.3 Å². The van der Waals surface area contributed by atoms with Crippen LogP contribution >= 0.6 is 23.2 Å². The van der Waals surface area contributed by atoms with Gasteiger partial charge < -0.3 is 33.0 Å². The molecule has 1 aliphatic heterocycles. The first-order valence-electron chi connectivity index (χ1n) is 18.3. The van der Waals surface area contributed by atoms with Crippen LogP contribution in [0.3, 0.4) is 0 Å². The number of ether oxygens (including phenoxy) is 5. The van der Waals surface area contributed by atoms with Gasteiger partial charge in [-0.05, 0) is 65.9 Å². The zero-order valence-electron chi connectivity index (χ0n) is 32.5. The van der Waals surface area contributed by atoms with Crippen molar-refractivity contribution < 1.29 is 65.3 Å². The Balaban J connectivity index is 1.30. The van der Waals surface area contributed by atoms with E-state index >= 15 is 0 Å². The van der Waals surface area contributed by atoms with E-state index in [0.717, 1.165) is 11.6 Å². The van der Waals surface area contributed by atoms with Crippen LogP contribution in [-0.2, 0) is 67.3 Å². The second-order valence-corrected chi connectivity index (χ2v) is 16.7. The number of hydrogen-bond acceptors (Lipinski definition) is 14. The van der Waals surface area contributed by atoms with Crippen molar-refractivity contribution in [2.24, 2.45) is 11.8 Å². The average molecular weight is 875 g/mol. The van der Waals surface area contributed by atoms with Gasteiger partial charge >= 0.3 is 24.1 Å². The minimum Gasteiger partial charge on any atom is -0.465 e. The van der Waals surface area contributed by atoms with Crippen molar-refractivity contribution in [1.29, 1.82) is 0 Å². The molecule has 15 nitrogen and oxygen atoms in total. The first kappa shape index (κ1) is 44.6. The molecule has 5 rings (SSSR count). The second-order valence-electron chi connectivity index (χ2n) is 13.9. The summed E-state index contributed by atoms with van der Waals surface area (Å²) in [5, 5.41) is 0.935. The molecule has 18 heteroatoms. The van der Waals surface area contributed by atoms with Crippen LogP contribution in [0.1, 0.15) is 64.6 Å². The highest BCUT2D eigenvalue weighted by Crippen LogP contribution is 2.37. The molecule has 1 amide bonds. The topological polar surface area (TPSA) is 199 Å². The van der Waals surface area contributed by atoms with E-state index < -0.39 is 64.2 Å². The number of benzene rings is 3. The van der Waals surface area contributed by atoms with Crippen LogP contribution in [0, 0.1) is 11.8 Å². The maximum atomic E-state index is 14.0. The number of halogens is 2. The average Bonchev–Trinajstić information content (AvgIpc) is 3.64. The first-order chi connectivity index (χ1) is 27.9. The fourth-order valence-electron chi connectivity index (χ4n) is 6.36. The lowest BCUT2D eigenvalue weighted by molar-refractivity contribution is -0.173. The van der Waals surface area contributed by atoms with Crippen molar-refractivity contribution in [3.8, 4) is 0 Å². The van der Waals surface area contributed by atoms with Crippen LogP contribution in [0.2, 0.25) is 10.0 Å². The third kappa shape index (κ3) is 12.1. The van der Waals surface area contributed by atoms with E-state index in [0.29, 0.717) is 40.8 Å². The molecule has 0 saturated heterocycles. The molecule has 0 N–H and O–H groups in total. The van der Waals surface area contributed by atoms with Gasteiger partial charge in [-0.2, -0.15) is 0 Å². The summed E-state index contributed by atoms with van der Waals surface area (Å²) in [6, 6.07) is 14.4. The van der Waals surface area contributed by atoms with E-state index in [1.54, 1.807) is 47.6 Å². The fraction of sp³-hybridized carbons (Fsp3) is 0.366. The number of esters is 3. The van der Waals surface area contributed by atoms with Gasteiger partial charge in [0.05, 0.1) is 38.6 Å². The molecule has 0 fully saturated rings. The number of fused-ring (bicyclic) bond motifs is 2. The number of carbonyl (C=O) groups excluding carboxylic acids is 6. The standard InChI is InChI=1S/C41H41Cl2NO14S/c1-23(45)54-20-27(21-55-24(2)46)22-56-41(50)58-25(3)57-40(49)30(14-26-6-5-7-32(15-26)59(4,51)52)17-35(47)37-34(42)16-31-19-44(12-10-33(31)38(37)43)39(48)29-9-8-28-11-13-53-36(28)18-29/h5-9,11,13,15-16,18,25,27,30H,10,12,14,17,19-22H2,1-4H3/t25?,30-/m1/s1. The summed E-state index contributed by atoms with van der Waals surface area (Å²) >= 11 is 13.5. The Morgan fingerprint density at radius 3 is 2.25 bits per heavy atom. The summed E-state index contributed by atoms with van der Waals surface area (Å²) in [4.78, 5) is 77.8. The fourth-order valence-corrected chi connectivity index (χ4v) is 7.85. The molecule has 0 aliphatic carbocycles. The van der Waals surface area contributed by atoms with Crippen molar-refractivity contribution >= 4 is 79.8 Å². The summed E-state index contributed by atoms with van der Waals surface area (Å²) in [5.41, 5.74) is 2.63. The number of furan rings is 1. The predicted molar refractivity (Wildman–Crippen MR) is 212 cm³/mol. The highest BCUT2D eigenvalue weighted by molar-refractivity contribution is 7.90. The molecule has 1 aromatic heterocycles. The Morgan fingerprint density at radius 1 is 0.881 bits per heavy atom. The summed E-state index contributed by atoms with van der Waals surface area (Å²) in [7, 11) is -3.63. The molecule has 0 radical (unpaired) electrons. The molecule has 2 heterocycles. The van der Waals surface area contributed by atoms with Gasteiger partial charge in [-0.15, -0.1) is 0 Å². The maximum absolute atomic E-state index is 14.0. The Labute approximate surface area is 349 Å². The Hall–Kier alpha value is -5.45. The number of hydrogen-bond donors (Lipinski definition) is 0. The second kappa shape index (κ2) is 19.5. The molecule has 4 aromatic rings. The van der Waals surface area contributed by atoms with Crippen LogP contribution < -0.4 is 0 Å². The molecule has 2 atom stereocenters. The number of ketones is 1. The zero-order valence-corrected chi connectivity index (χ0v) is 34.8. The summed E-state index contributed by atoms with van der Waals surface area (Å²) in [6.45, 7) is 3.22. The normalized spacial score (nSPS) is 13.6. The SMILES string of the molecule is CC(=O)OCC(COC(C)=O)COC(=O)OC(C)OC(=O)[C@@H](CC(=O)c1c(Cl)cc2c(c1Cl)CCN(C(=O)c1ccc3ccoc3c1)C2)Cc1cccc(S(C)(=O)=O)c1.